The Morgan fingerprint density at radius 2 is 2.00 bits per heavy atom. The van der Waals surface area contributed by atoms with Gasteiger partial charge in [0.2, 0.25) is 0 Å². The summed E-state index contributed by atoms with van der Waals surface area (Å²) in [6, 6.07) is 3.37. The molecule has 0 heterocycles. The zero-order chi connectivity index (χ0) is 19.3. The van der Waals surface area contributed by atoms with Gasteiger partial charge in [0.1, 0.15) is 5.82 Å². The second-order valence-corrected chi connectivity index (χ2v) is 9.23. The van der Waals surface area contributed by atoms with E-state index in [-0.39, 0.29) is 30.3 Å². The van der Waals surface area contributed by atoms with Crippen LogP contribution >= 0.6 is 0 Å². The lowest BCUT2D eigenvalue weighted by molar-refractivity contribution is -0.385. The van der Waals surface area contributed by atoms with E-state index in [4.69, 9.17) is 11.3 Å². The predicted molar refractivity (Wildman–Crippen MR) is 95.2 cm³/mol. The average molecular weight is 370 g/mol. The van der Waals surface area contributed by atoms with Crippen molar-refractivity contribution < 1.29 is 18.3 Å². The molecule has 138 valence electrons. The standard InChI is InChI=1S/C17H23FN2O4S/c1-16(2,3)25(23)11-17(4,8-9-24-12-19-5)14-10-13(20(21)22)6-7-15(14)18/h6-7,10H,8-9,11-12H2,1-4H3/t17-,25+/m1/s1. The van der Waals surface area contributed by atoms with Crippen LogP contribution in [0.5, 0.6) is 0 Å². The number of hydrogen-bond acceptors (Lipinski definition) is 4. The Kier molecular flexibility index (Phi) is 7.20. The van der Waals surface area contributed by atoms with Crippen LogP contribution < -0.4 is 0 Å². The van der Waals surface area contributed by atoms with Crippen LogP contribution in [-0.4, -0.2) is 33.0 Å². The first-order chi connectivity index (χ1) is 11.5. The summed E-state index contributed by atoms with van der Waals surface area (Å²) in [5, 5.41) is 11.0. The maximum Gasteiger partial charge on any atom is 0.318 e. The van der Waals surface area contributed by atoms with Crippen molar-refractivity contribution in [1.29, 1.82) is 0 Å². The number of benzene rings is 1. The van der Waals surface area contributed by atoms with Gasteiger partial charge in [0.05, 0.1) is 11.5 Å². The van der Waals surface area contributed by atoms with E-state index < -0.39 is 31.7 Å². The van der Waals surface area contributed by atoms with E-state index in [1.54, 1.807) is 6.92 Å². The SMILES string of the molecule is [C-]#[N+]COCC[C@](C)(C[S@](=O)C(C)(C)C)c1cc([N+](=O)[O-])ccc1F. The van der Waals surface area contributed by atoms with Crippen molar-refractivity contribution in [1.82, 2.24) is 0 Å². The van der Waals surface area contributed by atoms with Gasteiger partial charge in [0.25, 0.3) is 5.69 Å². The lowest BCUT2D eigenvalue weighted by Gasteiger charge is -2.32. The van der Waals surface area contributed by atoms with Crippen LogP contribution in [0.4, 0.5) is 10.1 Å². The lowest BCUT2D eigenvalue weighted by Crippen LogP contribution is -2.37. The molecule has 0 aliphatic rings. The molecule has 0 aliphatic carbocycles. The number of halogens is 1. The Bertz CT molecular complexity index is 697. The van der Waals surface area contributed by atoms with Crippen LogP contribution in [0.3, 0.4) is 0 Å². The van der Waals surface area contributed by atoms with Gasteiger partial charge in [-0.1, -0.05) is 6.92 Å². The third-order valence-corrected chi connectivity index (χ3v) is 6.16. The molecule has 0 saturated carbocycles. The minimum Gasteiger partial charge on any atom is -0.313 e. The smallest absolute Gasteiger partial charge is 0.313 e. The highest BCUT2D eigenvalue weighted by Crippen LogP contribution is 2.35. The van der Waals surface area contributed by atoms with Crippen molar-refractivity contribution in [3.63, 3.8) is 0 Å². The summed E-state index contributed by atoms with van der Waals surface area (Å²) < 4.78 is 31.7. The van der Waals surface area contributed by atoms with Crippen LogP contribution in [-0.2, 0) is 21.0 Å². The van der Waals surface area contributed by atoms with Crippen molar-refractivity contribution in [2.24, 2.45) is 0 Å². The topological polar surface area (TPSA) is 73.8 Å². The van der Waals surface area contributed by atoms with Gasteiger partial charge in [-0.15, -0.1) is 0 Å². The summed E-state index contributed by atoms with van der Waals surface area (Å²) in [5.41, 5.74) is -0.993. The first-order valence-electron chi connectivity index (χ1n) is 7.75. The summed E-state index contributed by atoms with van der Waals surface area (Å²) >= 11 is 0. The number of nitrogens with zero attached hydrogens (tertiary/aromatic N) is 2. The fourth-order valence-electron chi connectivity index (χ4n) is 2.29. The summed E-state index contributed by atoms with van der Waals surface area (Å²) in [6.07, 6.45) is 0.294. The van der Waals surface area contributed by atoms with Crippen LogP contribution in [0.15, 0.2) is 18.2 Å². The van der Waals surface area contributed by atoms with E-state index in [0.717, 1.165) is 12.1 Å². The van der Waals surface area contributed by atoms with Crippen LogP contribution in [0.1, 0.15) is 39.7 Å². The molecule has 25 heavy (non-hydrogen) atoms. The maximum atomic E-state index is 14.4. The van der Waals surface area contributed by atoms with Crippen molar-refractivity contribution in [2.75, 3.05) is 19.1 Å². The molecule has 0 fully saturated rings. The minimum atomic E-state index is -1.29. The molecule has 1 aromatic carbocycles. The van der Waals surface area contributed by atoms with Crippen LogP contribution in [0.2, 0.25) is 0 Å². The van der Waals surface area contributed by atoms with Gasteiger partial charge in [-0.25, -0.2) is 11.0 Å². The Balaban J connectivity index is 3.26. The van der Waals surface area contributed by atoms with Gasteiger partial charge in [-0.05, 0) is 33.3 Å². The van der Waals surface area contributed by atoms with Gasteiger partial charge < -0.3 is 4.74 Å². The van der Waals surface area contributed by atoms with Gasteiger partial charge in [-0.3, -0.25) is 19.2 Å². The molecular formula is C17H23FN2O4S. The largest absolute Gasteiger partial charge is 0.318 e. The number of nitro benzene ring substituents is 1. The fourth-order valence-corrected chi connectivity index (χ4v) is 3.60. The van der Waals surface area contributed by atoms with E-state index in [2.05, 4.69) is 4.85 Å². The Morgan fingerprint density at radius 1 is 1.36 bits per heavy atom. The number of hydrogen-bond donors (Lipinski definition) is 0. The van der Waals surface area contributed by atoms with E-state index >= 15 is 0 Å². The normalized spacial score (nSPS) is 15.2. The quantitative estimate of drug-likeness (QED) is 0.302. The molecule has 1 rings (SSSR count). The minimum absolute atomic E-state index is 0.115. The van der Waals surface area contributed by atoms with Gasteiger partial charge in [0.15, 0.2) is 0 Å². The molecule has 6 nitrogen and oxygen atoms in total. The maximum absolute atomic E-state index is 14.4. The van der Waals surface area contributed by atoms with Crippen molar-refractivity contribution in [2.45, 2.75) is 44.3 Å². The summed E-state index contributed by atoms with van der Waals surface area (Å²) in [5.74, 6) is -0.445. The molecule has 0 spiro atoms. The molecule has 0 aliphatic heterocycles. The highest BCUT2D eigenvalue weighted by Gasteiger charge is 2.36. The van der Waals surface area contributed by atoms with Crippen molar-refractivity contribution >= 4 is 16.5 Å². The summed E-state index contributed by atoms with van der Waals surface area (Å²) in [6.45, 7) is 14.0. The number of non-ortho nitro benzene ring substituents is 1. The first kappa shape index (κ1) is 21.2. The van der Waals surface area contributed by atoms with Gasteiger partial charge in [0, 0.05) is 44.4 Å². The number of ether oxygens (including phenoxy) is 1. The highest BCUT2D eigenvalue weighted by molar-refractivity contribution is 7.86. The molecule has 0 saturated heterocycles. The Morgan fingerprint density at radius 3 is 2.52 bits per heavy atom. The molecule has 0 aromatic heterocycles. The predicted octanol–water partition coefficient (Wildman–Crippen LogP) is 3.82. The zero-order valence-corrected chi connectivity index (χ0v) is 15.7. The van der Waals surface area contributed by atoms with E-state index in [1.807, 2.05) is 20.8 Å². The summed E-state index contributed by atoms with van der Waals surface area (Å²) in [4.78, 5) is 13.5. The molecular weight excluding hydrogens is 347 g/mol. The van der Waals surface area contributed by atoms with Crippen LogP contribution in [0.25, 0.3) is 4.85 Å². The van der Waals surface area contributed by atoms with Gasteiger partial charge in [-0.2, -0.15) is 0 Å². The Labute approximate surface area is 149 Å². The summed E-state index contributed by atoms with van der Waals surface area (Å²) in [7, 11) is -1.29. The number of nitro groups is 1. The van der Waals surface area contributed by atoms with Gasteiger partial charge >= 0.3 is 6.73 Å². The van der Waals surface area contributed by atoms with Crippen molar-refractivity contribution in [3.05, 3.63) is 51.1 Å². The molecule has 0 amide bonds. The molecule has 8 heteroatoms. The fraction of sp³-hybridized carbons (Fsp3) is 0.588. The second kappa shape index (κ2) is 8.50. The second-order valence-electron chi connectivity index (χ2n) is 7.03. The first-order valence-corrected chi connectivity index (χ1v) is 9.07. The highest BCUT2D eigenvalue weighted by atomic mass is 32.2. The van der Waals surface area contributed by atoms with Crippen molar-refractivity contribution in [3.8, 4) is 0 Å². The third-order valence-electron chi connectivity index (χ3n) is 3.90. The van der Waals surface area contributed by atoms with E-state index in [9.17, 15) is 18.7 Å². The molecule has 0 bridgehead atoms. The third kappa shape index (κ3) is 5.87. The Hall–Kier alpha value is -1.85. The number of rotatable bonds is 8. The molecule has 2 atom stereocenters. The van der Waals surface area contributed by atoms with E-state index in [0.29, 0.717) is 6.42 Å². The van der Waals surface area contributed by atoms with E-state index in [1.165, 1.54) is 6.07 Å². The monoisotopic (exact) mass is 370 g/mol. The molecule has 1 aromatic rings. The lowest BCUT2D eigenvalue weighted by atomic mass is 9.81. The molecule has 0 radical (unpaired) electrons. The molecule has 0 N–H and O–H groups in total. The molecule has 0 unspecified atom stereocenters. The zero-order valence-electron chi connectivity index (χ0n) is 14.9. The average Bonchev–Trinajstić information content (AvgIpc) is 2.50. The van der Waals surface area contributed by atoms with Crippen LogP contribution in [0, 0.1) is 22.5 Å².